The molecule has 0 unspecified atom stereocenters. The van der Waals surface area contributed by atoms with Crippen molar-refractivity contribution in [2.24, 2.45) is 0 Å². The third kappa shape index (κ3) is 3.66. The van der Waals surface area contributed by atoms with Gasteiger partial charge in [0.2, 0.25) is 5.91 Å². The summed E-state index contributed by atoms with van der Waals surface area (Å²) in [6.45, 7) is 8.57. The molecule has 10 heavy (non-hydrogen) atoms. The fourth-order valence-electron chi connectivity index (χ4n) is 0.464. The van der Waals surface area contributed by atoms with E-state index in [0.717, 1.165) is 5.70 Å². The highest BCUT2D eigenvalue weighted by molar-refractivity contribution is 5.88. The van der Waals surface area contributed by atoms with Crippen molar-refractivity contribution in [2.75, 3.05) is 0 Å². The smallest absolute Gasteiger partial charge is 0.247 e. The highest BCUT2D eigenvalue weighted by atomic mass is 16.1. The molecule has 2 heteroatoms. The molecule has 0 atom stereocenters. The Bertz CT molecular complexity index is 180. The predicted octanol–water partition coefficient (Wildman–Crippen LogP) is 1.38. The molecule has 0 saturated heterocycles. The molecule has 0 aliphatic heterocycles. The zero-order valence-electron chi connectivity index (χ0n) is 6.05. The Kier molecular flexibility index (Phi) is 3.96. The maximum Gasteiger partial charge on any atom is 0.247 e. The number of allylic oxidation sites excluding steroid dienone is 3. The molecule has 0 radical (unpaired) electrons. The molecule has 1 N–H and O–H groups in total. The van der Waals surface area contributed by atoms with E-state index in [0.29, 0.717) is 0 Å². The van der Waals surface area contributed by atoms with Gasteiger partial charge in [0, 0.05) is 5.70 Å². The Hall–Kier alpha value is -1.31. The van der Waals surface area contributed by atoms with Gasteiger partial charge in [-0.3, -0.25) is 4.79 Å². The molecule has 0 heterocycles. The molecule has 2 nitrogen and oxygen atoms in total. The van der Waals surface area contributed by atoms with Crippen LogP contribution in [0.1, 0.15) is 6.92 Å². The molecule has 0 aromatic rings. The maximum absolute atomic E-state index is 10.6. The fourth-order valence-corrected chi connectivity index (χ4v) is 0.464. The minimum Gasteiger partial charge on any atom is -0.327 e. The van der Waals surface area contributed by atoms with Crippen molar-refractivity contribution in [3.05, 3.63) is 37.1 Å². The van der Waals surface area contributed by atoms with Gasteiger partial charge < -0.3 is 5.32 Å². The van der Waals surface area contributed by atoms with E-state index < -0.39 is 0 Å². The number of rotatable bonds is 3. The van der Waals surface area contributed by atoms with Crippen molar-refractivity contribution in [3.63, 3.8) is 0 Å². The van der Waals surface area contributed by atoms with Crippen LogP contribution in [0.2, 0.25) is 0 Å². The van der Waals surface area contributed by atoms with Gasteiger partial charge in [-0.05, 0) is 19.1 Å². The van der Waals surface area contributed by atoms with Gasteiger partial charge >= 0.3 is 0 Å². The van der Waals surface area contributed by atoms with Crippen LogP contribution in [0.5, 0.6) is 0 Å². The lowest BCUT2D eigenvalue weighted by atomic mass is 10.4. The van der Waals surface area contributed by atoms with Gasteiger partial charge in [-0.15, -0.1) is 0 Å². The molecule has 0 saturated carbocycles. The van der Waals surface area contributed by atoms with E-state index in [1.807, 2.05) is 0 Å². The van der Waals surface area contributed by atoms with E-state index in [2.05, 4.69) is 18.5 Å². The Morgan fingerprint density at radius 1 is 1.50 bits per heavy atom. The first-order valence-corrected chi connectivity index (χ1v) is 2.93. The first-order chi connectivity index (χ1) is 4.70. The van der Waals surface area contributed by atoms with Gasteiger partial charge in [0.05, 0.1) is 0 Å². The lowest BCUT2D eigenvalue weighted by Crippen LogP contribution is -2.17. The minimum absolute atomic E-state index is 0.199. The summed E-state index contributed by atoms with van der Waals surface area (Å²) in [6, 6.07) is 0. The monoisotopic (exact) mass is 137 g/mol. The van der Waals surface area contributed by atoms with Crippen molar-refractivity contribution in [1.82, 2.24) is 5.32 Å². The largest absolute Gasteiger partial charge is 0.327 e. The quantitative estimate of drug-likeness (QED) is 0.462. The van der Waals surface area contributed by atoms with Crippen LogP contribution in [0.3, 0.4) is 0 Å². The molecule has 0 aliphatic rings. The Labute approximate surface area is 60.9 Å². The van der Waals surface area contributed by atoms with Gasteiger partial charge in [-0.2, -0.15) is 0 Å². The molecule has 0 bridgehead atoms. The van der Waals surface area contributed by atoms with E-state index in [-0.39, 0.29) is 5.91 Å². The van der Waals surface area contributed by atoms with E-state index in [1.54, 1.807) is 19.1 Å². The van der Waals surface area contributed by atoms with Gasteiger partial charge in [-0.25, -0.2) is 0 Å². The molecule has 0 spiro atoms. The first kappa shape index (κ1) is 8.69. The summed E-state index contributed by atoms with van der Waals surface area (Å²) in [5.41, 5.74) is 0.764. The number of amides is 1. The van der Waals surface area contributed by atoms with Crippen molar-refractivity contribution >= 4 is 5.91 Å². The van der Waals surface area contributed by atoms with E-state index in [9.17, 15) is 4.79 Å². The molecule has 0 aromatic heterocycles. The fraction of sp³-hybridized carbons (Fsp3) is 0.125. The van der Waals surface area contributed by atoms with Crippen molar-refractivity contribution in [1.29, 1.82) is 0 Å². The van der Waals surface area contributed by atoms with Crippen LogP contribution in [0, 0.1) is 0 Å². The van der Waals surface area contributed by atoms with Crippen LogP contribution in [0.15, 0.2) is 37.1 Å². The number of hydrogen-bond donors (Lipinski definition) is 1. The van der Waals surface area contributed by atoms with Gasteiger partial charge in [-0.1, -0.05) is 19.2 Å². The number of nitrogens with one attached hydrogen (secondary N) is 1. The predicted molar refractivity (Wildman–Crippen MR) is 42.3 cm³/mol. The summed E-state index contributed by atoms with van der Waals surface area (Å²) in [5.74, 6) is -0.199. The first-order valence-electron chi connectivity index (χ1n) is 2.93. The van der Waals surface area contributed by atoms with E-state index in [4.69, 9.17) is 0 Å². The average molecular weight is 137 g/mol. The Balaban J connectivity index is 3.89. The molecule has 0 aliphatic carbocycles. The third-order valence-electron chi connectivity index (χ3n) is 0.874. The average Bonchev–Trinajstić information content (AvgIpc) is 1.88. The summed E-state index contributed by atoms with van der Waals surface area (Å²) in [4.78, 5) is 10.6. The lowest BCUT2D eigenvalue weighted by Gasteiger charge is -1.98. The zero-order valence-corrected chi connectivity index (χ0v) is 6.05. The zero-order chi connectivity index (χ0) is 7.98. The number of carbonyl (C=O) groups excluding carboxylic acids is 1. The standard InChI is InChI=1S/C8H11NO/c1-4-6-7(3)9-8(10)5-2/h4-6H,1-2H2,3H3,(H,9,10)/b7-6+. The van der Waals surface area contributed by atoms with Crippen molar-refractivity contribution < 1.29 is 4.79 Å². The van der Waals surface area contributed by atoms with Crippen LogP contribution in [0.25, 0.3) is 0 Å². The van der Waals surface area contributed by atoms with Crippen LogP contribution in [-0.4, -0.2) is 5.91 Å². The summed E-state index contributed by atoms with van der Waals surface area (Å²) in [5, 5.41) is 2.56. The van der Waals surface area contributed by atoms with E-state index >= 15 is 0 Å². The van der Waals surface area contributed by atoms with Gasteiger partial charge in [0.1, 0.15) is 0 Å². The Morgan fingerprint density at radius 2 is 2.10 bits per heavy atom. The summed E-state index contributed by atoms with van der Waals surface area (Å²) in [7, 11) is 0. The second kappa shape index (κ2) is 4.56. The highest BCUT2D eigenvalue weighted by Gasteiger charge is 1.90. The van der Waals surface area contributed by atoms with Gasteiger partial charge in [0.15, 0.2) is 0 Å². The summed E-state index contributed by atoms with van der Waals surface area (Å²) in [6.07, 6.45) is 4.54. The lowest BCUT2D eigenvalue weighted by molar-refractivity contribution is -0.115. The van der Waals surface area contributed by atoms with Gasteiger partial charge in [0.25, 0.3) is 0 Å². The molecule has 0 aromatic carbocycles. The Morgan fingerprint density at radius 3 is 2.50 bits per heavy atom. The molecule has 0 rings (SSSR count). The SMILES string of the molecule is C=C/C=C(\C)NC(=O)C=C. The van der Waals surface area contributed by atoms with Crippen LogP contribution in [0.4, 0.5) is 0 Å². The summed E-state index contributed by atoms with van der Waals surface area (Å²) >= 11 is 0. The number of hydrogen-bond acceptors (Lipinski definition) is 1. The van der Waals surface area contributed by atoms with Crippen LogP contribution >= 0.6 is 0 Å². The second-order valence-electron chi connectivity index (χ2n) is 1.78. The maximum atomic E-state index is 10.6. The second-order valence-corrected chi connectivity index (χ2v) is 1.78. The molecular formula is C8H11NO. The van der Waals surface area contributed by atoms with E-state index in [1.165, 1.54) is 6.08 Å². The molecule has 1 amide bonds. The summed E-state index contributed by atoms with van der Waals surface area (Å²) < 4.78 is 0. The number of carbonyl (C=O) groups is 1. The minimum atomic E-state index is -0.199. The third-order valence-corrected chi connectivity index (χ3v) is 0.874. The van der Waals surface area contributed by atoms with Crippen molar-refractivity contribution in [2.45, 2.75) is 6.92 Å². The van der Waals surface area contributed by atoms with Crippen LogP contribution in [-0.2, 0) is 4.79 Å². The molecule has 54 valence electrons. The normalized spacial score (nSPS) is 10.3. The van der Waals surface area contributed by atoms with Crippen molar-refractivity contribution in [3.8, 4) is 0 Å². The van der Waals surface area contributed by atoms with Crippen LogP contribution < -0.4 is 5.32 Å². The topological polar surface area (TPSA) is 29.1 Å². The molecule has 0 fully saturated rings. The highest BCUT2D eigenvalue weighted by Crippen LogP contribution is 1.85. The molecular weight excluding hydrogens is 126 g/mol.